The zero-order chi connectivity index (χ0) is 23.6. The fourth-order valence-corrected chi connectivity index (χ4v) is 4.31. The van der Waals surface area contributed by atoms with Crippen molar-refractivity contribution in [2.24, 2.45) is 5.92 Å². The number of nitrogens with one attached hydrogen (secondary N) is 1. The maximum atomic E-state index is 12.3. The predicted molar refractivity (Wildman–Crippen MR) is 136 cm³/mol. The van der Waals surface area contributed by atoms with Gasteiger partial charge in [0.2, 0.25) is 5.91 Å². The molecule has 3 aromatic rings. The van der Waals surface area contributed by atoms with Crippen LogP contribution < -0.4 is 10.1 Å². The summed E-state index contributed by atoms with van der Waals surface area (Å²) in [6, 6.07) is 16.6. The monoisotopic (exact) mass is 449 g/mol. The Kier molecular flexibility index (Phi) is 9.35. The van der Waals surface area contributed by atoms with Crippen LogP contribution in [0.15, 0.2) is 48.5 Å². The van der Waals surface area contributed by atoms with Crippen molar-refractivity contribution < 1.29 is 9.53 Å². The molecule has 2 aromatic carbocycles. The first kappa shape index (κ1) is 24.8. The lowest BCUT2D eigenvalue weighted by Crippen LogP contribution is -2.32. The zero-order valence-corrected chi connectivity index (χ0v) is 20.6. The lowest BCUT2D eigenvalue weighted by atomic mass is 10.0. The second kappa shape index (κ2) is 12.4. The molecular weight excluding hydrogens is 410 g/mol. The molecule has 1 N–H and O–H groups in total. The number of nitrogens with zero attached hydrogens (tertiary/aromatic N) is 2. The molecule has 0 saturated carbocycles. The SMILES string of the molecule is CCC(CC)C(=O)NCCc1nc2ccccc2n1CCCCOc1ccccc1C(C)C. The van der Waals surface area contributed by atoms with E-state index in [0.717, 1.165) is 61.3 Å². The number of para-hydroxylation sites is 3. The number of unbranched alkanes of at least 4 members (excludes halogenated alkanes) is 1. The van der Waals surface area contributed by atoms with Gasteiger partial charge in [-0.2, -0.15) is 0 Å². The molecule has 0 aliphatic carbocycles. The minimum atomic E-state index is 0.102. The number of ether oxygens (including phenoxy) is 1. The average molecular weight is 450 g/mol. The first-order chi connectivity index (χ1) is 16.0. The summed E-state index contributed by atoms with van der Waals surface area (Å²) < 4.78 is 8.40. The Morgan fingerprint density at radius 2 is 1.76 bits per heavy atom. The van der Waals surface area contributed by atoms with Gasteiger partial charge in [-0.05, 0) is 55.4 Å². The predicted octanol–water partition coefficient (Wildman–Crippen LogP) is 6.11. The molecule has 0 unspecified atom stereocenters. The smallest absolute Gasteiger partial charge is 0.223 e. The summed E-state index contributed by atoms with van der Waals surface area (Å²) >= 11 is 0. The van der Waals surface area contributed by atoms with Crippen LogP contribution >= 0.6 is 0 Å². The summed E-state index contributed by atoms with van der Waals surface area (Å²) in [6.07, 6.45) is 4.48. The molecule has 0 fully saturated rings. The van der Waals surface area contributed by atoms with E-state index in [2.05, 4.69) is 74.0 Å². The number of imidazole rings is 1. The number of aromatic nitrogens is 2. The van der Waals surface area contributed by atoms with Crippen molar-refractivity contribution >= 4 is 16.9 Å². The second-order valence-electron chi connectivity index (χ2n) is 8.97. The second-order valence-corrected chi connectivity index (χ2v) is 8.97. The van der Waals surface area contributed by atoms with Gasteiger partial charge in [0.15, 0.2) is 0 Å². The third-order valence-corrected chi connectivity index (χ3v) is 6.31. The fourth-order valence-electron chi connectivity index (χ4n) is 4.31. The third-order valence-electron chi connectivity index (χ3n) is 6.31. The molecule has 1 aromatic heterocycles. The van der Waals surface area contributed by atoms with E-state index < -0.39 is 0 Å². The number of hydrogen-bond acceptors (Lipinski definition) is 3. The Hall–Kier alpha value is -2.82. The molecule has 5 heteroatoms. The molecule has 0 aliphatic heterocycles. The maximum Gasteiger partial charge on any atom is 0.223 e. The van der Waals surface area contributed by atoms with Crippen molar-refractivity contribution in [2.45, 2.75) is 72.3 Å². The fraction of sp³-hybridized carbons (Fsp3) is 0.500. The van der Waals surface area contributed by atoms with E-state index in [1.165, 1.54) is 5.56 Å². The Morgan fingerprint density at radius 3 is 2.52 bits per heavy atom. The molecular formula is C28H39N3O2. The van der Waals surface area contributed by atoms with Crippen LogP contribution in [0.1, 0.15) is 70.7 Å². The number of hydrogen-bond donors (Lipinski definition) is 1. The number of carbonyl (C=O) groups is 1. The molecule has 0 spiro atoms. The van der Waals surface area contributed by atoms with E-state index in [-0.39, 0.29) is 11.8 Å². The quantitative estimate of drug-likeness (QED) is 0.320. The van der Waals surface area contributed by atoms with Gasteiger partial charge in [-0.25, -0.2) is 4.98 Å². The summed E-state index contributed by atoms with van der Waals surface area (Å²) in [5.41, 5.74) is 3.43. The molecule has 0 aliphatic rings. The number of amides is 1. The van der Waals surface area contributed by atoms with Crippen LogP contribution in [0.4, 0.5) is 0 Å². The summed E-state index contributed by atoms with van der Waals surface area (Å²) in [6.45, 7) is 10.7. The summed E-state index contributed by atoms with van der Waals surface area (Å²) in [5, 5.41) is 3.10. The van der Waals surface area contributed by atoms with Gasteiger partial charge in [0, 0.05) is 25.4 Å². The van der Waals surface area contributed by atoms with Crippen LogP contribution in [0, 0.1) is 5.92 Å². The molecule has 5 nitrogen and oxygen atoms in total. The lowest BCUT2D eigenvalue weighted by molar-refractivity contribution is -0.125. The van der Waals surface area contributed by atoms with Gasteiger partial charge in [-0.15, -0.1) is 0 Å². The standard InChI is InChI=1S/C28H39N3O2/c1-5-22(6-2)28(32)29-18-17-27-30-24-14-8-9-15-25(24)31(27)19-11-12-20-33-26-16-10-7-13-23(26)21(3)4/h7-10,13-16,21-22H,5-6,11-12,17-20H2,1-4H3,(H,29,32). The normalized spacial score (nSPS) is 11.5. The van der Waals surface area contributed by atoms with Gasteiger partial charge in [-0.1, -0.05) is 58.0 Å². The molecule has 3 rings (SSSR count). The minimum Gasteiger partial charge on any atom is -0.493 e. The van der Waals surface area contributed by atoms with E-state index in [0.29, 0.717) is 19.1 Å². The van der Waals surface area contributed by atoms with Gasteiger partial charge in [0.05, 0.1) is 17.6 Å². The number of fused-ring (bicyclic) bond motifs is 1. The summed E-state index contributed by atoms with van der Waals surface area (Å²) in [5.74, 6) is 2.74. The number of carbonyl (C=O) groups excluding carboxylic acids is 1. The van der Waals surface area contributed by atoms with Crippen molar-refractivity contribution in [3.05, 3.63) is 59.9 Å². The number of aryl methyl sites for hydroxylation is 1. The molecule has 0 saturated heterocycles. The zero-order valence-electron chi connectivity index (χ0n) is 20.6. The minimum absolute atomic E-state index is 0.102. The van der Waals surface area contributed by atoms with Crippen LogP contribution in [-0.2, 0) is 17.8 Å². The number of rotatable bonds is 13. The highest BCUT2D eigenvalue weighted by Gasteiger charge is 2.15. The lowest BCUT2D eigenvalue weighted by Gasteiger charge is -2.15. The Balaban J connectivity index is 1.57. The number of benzene rings is 2. The molecule has 0 atom stereocenters. The van der Waals surface area contributed by atoms with Crippen molar-refractivity contribution in [3.63, 3.8) is 0 Å². The van der Waals surface area contributed by atoms with Crippen LogP contribution in [0.5, 0.6) is 5.75 Å². The molecule has 0 bridgehead atoms. The van der Waals surface area contributed by atoms with E-state index in [9.17, 15) is 4.79 Å². The topological polar surface area (TPSA) is 56.2 Å². The van der Waals surface area contributed by atoms with Crippen LogP contribution in [0.3, 0.4) is 0 Å². The average Bonchev–Trinajstić information content (AvgIpc) is 3.17. The highest BCUT2D eigenvalue weighted by atomic mass is 16.5. The van der Waals surface area contributed by atoms with Crippen molar-refractivity contribution in [3.8, 4) is 5.75 Å². The van der Waals surface area contributed by atoms with Gasteiger partial charge >= 0.3 is 0 Å². The maximum absolute atomic E-state index is 12.3. The van der Waals surface area contributed by atoms with Gasteiger partial charge < -0.3 is 14.6 Å². The summed E-state index contributed by atoms with van der Waals surface area (Å²) in [4.78, 5) is 17.2. The van der Waals surface area contributed by atoms with Gasteiger partial charge in [0.25, 0.3) is 0 Å². The van der Waals surface area contributed by atoms with Gasteiger partial charge in [0.1, 0.15) is 11.6 Å². The van der Waals surface area contributed by atoms with E-state index in [1.54, 1.807) is 0 Å². The molecule has 1 amide bonds. The van der Waals surface area contributed by atoms with Crippen LogP contribution in [-0.4, -0.2) is 28.6 Å². The van der Waals surface area contributed by atoms with Crippen molar-refractivity contribution in [1.82, 2.24) is 14.9 Å². The first-order valence-corrected chi connectivity index (χ1v) is 12.5. The third kappa shape index (κ3) is 6.59. The van der Waals surface area contributed by atoms with Crippen molar-refractivity contribution in [1.29, 1.82) is 0 Å². The van der Waals surface area contributed by atoms with Crippen molar-refractivity contribution in [2.75, 3.05) is 13.2 Å². The van der Waals surface area contributed by atoms with E-state index in [1.807, 2.05) is 12.1 Å². The highest BCUT2D eigenvalue weighted by Crippen LogP contribution is 2.26. The van der Waals surface area contributed by atoms with Crippen LogP contribution in [0.2, 0.25) is 0 Å². The highest BCUT2D eigenvalue weighted by molar-refractivity contribution is 5.78. The Labute approximate surface area is 198 Å². The Bertz CT molecular complexity index is 1020. The van der Waals surface area contributed by atoms with Gasteiger partial charge in [-0.3, -0.25) is 4.79 Å². The molecule has 33 heavy (non-hydrogen) atoms. The van der Waals surface area contributed by atoms with Crippen LogP contribution in [0.25, 0.3) is 11.0 Å². The molecule has 1 heterocycles. The summed E-state index contributed by atoms with van der Waals surface area (Å²) in [7, 11) is 0. The Morgan fingerprint density at radius 1 is 1.03 bits per heavy atom. The molecule has 178 valence electrons. The first-order valence-electron chi connectivity index (χ1n) is 12.5. The molecule has 0 radical (unpaired) electrons. The largest absolute Gasteiger partial charge is 0.493 e. The van der Waals surface area contributed by atoms with E-state index in [4.69, 9.17) is 9.72 Å². The van der Waals surface area contributed by atoms with E-state index >= 15 is 0 Å².